The number of aromatic amines is 1. The van der Waals surface area contributed by atoms with Crippen LogP contribution in [-0.2, 0) is 19.9 Å². The lowest BCUT2D eigenvalue weighted by Gasteiger charge is -2.29. The number of nitrogens with one attached hydrogen (secondary N) is 1. The third kappa shape index (κ3) is 2.01. The molecule has 1 N–H and O–H groups in total. The molecule has 17 heavy (non-hydrogen) atoms. The lowest BCUT2D eigenvalue weighted by molar-refractivity contribution is -0.842. The van der Waals surface area contributed by atoms with E-state index in [4.69, 9.17) is 14.2 Å². The average molecular weight is 239 g/mol. The van der Waals surface area contributed by atoms with Gasteiger partial charge in [-0.3, -0.25) is 0 Å². The molecule has 1 heterocycles. The number of tetrazole rings is 1. The van der Waals surface area contributed by atoms with Gasteiger partial charge < -0.3 is 14.2 Å². The second kappa shape index (κ2) is 4.54. The summed E-state index contributed by atoms with van der Waals surface area (Å²) in [7, 11) is 4.81. The molecular weight excluding hydrogens is 224 g/mol. The molecule has 1 atom stereocenters. The fourth-order valence-electron chi connectivity index (χ4n) is 1.77. The second-order valence-electron chi connectivity index (χ2n) is 3.59. The zero-order valence-electron chi connectivity index (χ0n) is 10.0. The third-order valence-corrected chi connectivity index (χ3v) is 2.74. The Kier molecular flexibility index (Phi) is 3.10. The summed E-state index contributed by atoms with van der Waals surface area (Å²) in [6.07, 6.45) is 5.74. The normalized spacial score (nSPS) is 23.9. The molecule has 1 aliphatic rings. The summed E-state index contributed by atoms with van der Waals surface area (Å²) in [5.41, 5.74) is -0.755. The van der Waals surface area contributed by atoms with Gasteiger partial charge in [0.15, 0.2) is 5.21 Å². The van der Waals surface area contributed by atoms with Gasteiger partial charge in [-0.2, -0.15) is 0 Å². The minimum Gasteiger partial charge on any atom is -0.501 e. The van der Waals surface area contributed by atoms with Gasteiger partial charge in [0.05, 0.1) is 20.6 Å². The fraction of sp³-hybridized carbons (Fsp3) is 0.500. The van der Waals surface area contributed by atoms with Gasteiger partial charge in [0.1, 0.15) is 16.6 Å². The minimum absolute atomic E-state index is 0.529. The Labute approximate surface area is 98.7 Å². The van der Waals surface area contributed by atoms with Crippen LogP contribution in [0.2, 0.25) is 0 Å². The Morgan fingerprint density at radius 1 is 1.35 bits per heavy atom. The first kappa shape index (κ1) is 11.6. The summed E-state index contributed by atoms with van der Waals surface area (Å²) in [5, 5.41) is 10.1. The highest BCUT2D eigenvalue weighted by Crippen LogP contribution is 2.29. The Hall–Kier alpha value is -1.89. The molecule has 2 rings (SSSR count). The van der Waals surface area contributed by atoms with Gasteiger partial charge in [-0.1, -0.05) is 5.21 Å². The molecule has 1 aromatic heterocycles. The highest BCUT2D eigenvalue weighted by atomic mass is 16.5. The smallest absolute Gasteiger partial charge is 0.291 e. The maximum absolute atomic E-state index is 5.56. The summed E-state index contributed by atoms with van der Waals surface area (Å²) < 4.78 is 17.7. The molecule has 0 fully saturated rings. The van der Waals surface area contributed by atoms with Crippen LogP contribution in [0, 0.1) is 0 Å². The topological polar surface area (TPSA) is 73.1 Å². The predicted octanol–water partition coefficient (Wildman–Crippen LogP) is -0.144. The molecule has 1 aromatic rings. The van der Waals surface area contributed by atoms with Crippen molar-refractivity contribution in [3.63, 3.8) is 0 Å². The lowest BCUT2D eigenvalue weighted by atomic mass is 10.0. The molecule has 7 heteroatoms. The molecule has 7 nitrogen and oxygen atoms in total. The average Bonchev–Trinajstić information content (AvgIpc) is 2.92. The van der Waals surface area contributed by atoms with Crippen molar-refractivity contribution in [2.75, 3.05) is 21.3 Å². The second-order valence-corrected chi connectivity index (χ2v) is 3.59. The Morgan fingerprint density at radius 3 is 2.71 bits per heavy atom. The molecule has 1 aliphatic carbocycles. The van der Waals surface area contributed by atoms with Crippen molar-refractivity contribution >= 4 is 0 Å². The van der Waals surface area contributed by atoms with Gasteiger partial charge in [0.2, 0.25) is 5.72 Å². The van der Waals surface area contributed by atoms with E-state index in [9.17, 15) is 0 Å². The largest absolute Gasteiger partial charge is 0.501 e. The van der Waals surface area contributed by atoms with E-state index in [2.05, 4.69) is 15.5 Å². The van der Waals surface area contributed by atoms with Crippen LogP contribution in [-0.4, -0.2) is 36.9 Å². The lowest BCUT2D eigenvalue weighted by Crippen LogP contribution is -2.58. The highest BCUT2D eigenvalue weighted by molar-refractivity contribution is 5.23. The van der Waals surface area contributed by atoms with Crippen molar-refractivity contribution in [1.29, 1.82) is 0 Å². The van der Waals surface area contributed by atoms with E-state index in [1.54, 1.807) is 32.3 Å². The molecule has 0 radical (unpaired) electrons. The molecule has 1 unspecified atom stereocenters. The van der Waals surface area contributed by atoms with Crippen LogP contribution in [0.3, 0.4) is 0 Å². The fourth-order valence-corrected chi connectivity index (χ4v) is 1.77. The molecule has 0 spiro atoms. The SMILES string of the molecule is COC1=CC(OC)([n+]2cnn[nH]2)CC(OC)=C1. The van der Waals surface area contributed by atoms with Gasteiger partial charge in [-0.25, -0.2) is 0 Å². The van der Waals surface area contributed by atoms with Gasteiger partial charge in [0, 0.05) is 19.3 Å². The van der Waals surface area contributed by atoms with Gasteiger partial charge in [-0.15, -0.1) is 4.68 Å². The van der Waals surface area contributed by atoms with Crippen LogP contribution < -0.4 is 4.68 Å². The number of methoxy groups -OCH3 is 3. The highest BCUT2D eigenvalue weighted by Gasteiger charge is 2.40. The van der Waals surface area contributed by atoms with Gasteiger partial charge in [-0.05, 0) is 0 Å². The van der Waals surface area contributed by atoms with Gasteiger partial charge >= 0.3 is 0 Å². The summed E-state index contributed by atoms with van der Waals surface area (Å²) in [5.74, 6) is 1.42. The number of aromatic nitrogens is 4. The zero-order chi connectivity index (χ0) is 12.3. The summed E-state index contributed by atoms with van der Waals surface area (Å²) in [6, 6.07) is 0. The van der Waals surface area contributed by atoms with Crippen LogP contribution in [0.25, 0.3) is 0 Å². The van der Waals surface area contributed by atoms with E-state index < -0.39 is 5.72 Å². The molecule has 92 valence electrons. The van der Waals surface area contributed by atoms with Crippen molar-refractivity contribution in [3.05, 3.63) is 30.0 Å². The van der Waals surface area contributed by atoms with E-state index >= 15 is 0 Å². The van der Waals surface area contributed by atoms with Crippen molar-refractivity contribution in [3.8, 4) is 0 Å². The monoisotopic (exact) mass is 239 g/mol. The quantitative estimate of drug-likeness (QED) is 0.740. The van der Waals surface area contributed by atoms with Crippen molar-refractivity contribution in [2.45, 2.75) is 12.1 Å². The van der Waals surface area contributed by atoms with E-state index in [-0.39, 0.29) is 0 Å². The van der Waals surface area contributed by atoms with E-state index in [1.807, 2.05) is 12.2 Å². The number of ether oxygens (including phenoxy) is 3. The summed E-state index contributed by atoms with van der Waals surface area (Å²) >= 11 is 0. The predicted molar refractivity (Wildman–Crippen MR) is 56.4 cm³/mol. The number of hydrogen-bond acceptors (Lipinski definition) is 5. The third-order valence-electron chi connectivity index (χ3n) is 2.74. The molecule has 0 saturated carbocycles. The van der Waals surface area contributed by atoms with E-state index in [1.165, 1.54) is 0 Å². The van der Waals surface area contributed by atoms with Crippen LogP contribution >= 0.6 is 0 Å². The number of nitrogens with zero attached hydrogens (tertiary/aromatic N) is 3. The minimum atomic E-state index is -0.755. The molecular formula is C10H15N4O3+. The number of allylic oxidation sites excluding steroid dienone is 1. The number of rotatable bonds is 4. The molecule has 0 saturated heterocycles. The maximum Gasteiger partial charge on any atom is 0.291 e. The number of hydrogen-bond donors (Lipinski definition) is 1. The van der Waals surface area contributed by atoms with Gasteiger partial charge in [0.25, 0.3) is 6.33 Å². The van der Waals surface area contributed by atoms with Crippen LogP contribution in [0.15, 0.2) is 30.0 Å². The standard InChI is InChI=1S/C10H14N4O3/c1-15-8-4-9(16-2)6-10(5-8,17-3)14-7-11-12-13-14/h4-5,7H,6H2,1-3H3/p+1. The zero-order valence-corrected chi connectivity index (χ0v) is 10.0. The molecule has 0 amide bonds. The van der Waals surface area contributed by atoms with Crippen molar-refractivity contribution in [2.24, 2.45) is 0 Å². The Bertz CT molecular complexity index is 440. The van der Waals surface area contributed by atoms with Crippen molar-refractivity contribution < 1.29 is 18.9 Å². The van der Waals surface area contributed by atoms with Crippen LogP contribution in [0.4, 0.5) is 0 Å². The maximum atomic E-state index is 5.56. The molecule has 0 bridgehead atoms. The summed E-state index contributed by atoms with van der Waals surface area (Å²) in [6.45, 7) is 0. The van der Waals surface area contributed by atoms with E-state index in [0.29, 0.717) is 12.2 Å². The Balaban J connectivity index is 2.43. The van der Waals surface area contributed by atoms with Crippen LogP contribution in [0.5, 0.6) is 0 Å². The van der Waals surface area contributed by atoms with Crippen LogP contribution in [0.1, 0.15) is 6.42 Å². The van der Waals surface area contributed by atoms with E-state index in [0.717, 1.165) is 5.76 Å². The molecule has 0 aromatic carbocycles. The Morgan fingerprint density at radius 2 is 2.18 bits per heavy atom. The first-order valence-corrected chi connectivity index (χ1v) is 5.09. The molecule has 0 aliphatic heterocycles. The first-order valence-electron chi connectivity index (χ1n) is 5.09. The summed E-state index contributed by atoms with van der Waals surface area (Å²) in [4.78, 5) is 0. The number of H-pyrrole nitrogens is 1. The first-order chi connectivity index (χ1) is 8.24. The van der Waals surface area contributed by atoms with Crippen molar-refractivity contribution in [1.82, 2.24) is 15.5 Å².